The minimum absolute atomic E-state index is 0.764. The first-order valence-corrected chi connectivity index (χ1v) is 6.22. The van der Waals surface area contributed by atoms with Crippen LogP contribution in [0.1, 0.15) is 0 Å². The number of pyridine rings is 1. The first-order chi connectivity index (χ1) is 8.79. The molecule has 0 bridgehead atoms. The smallest absolute Gasteiger partial charge is 0.169 e. The zero-order valence-electron chi connectivity index (χ0n) is 9.67. The van der Waals surface area contributed by atoms with E-state index in [-0.39, 0.29) is 0 Å². The molecule has 18 heavy (non-hydrogen) atoms. The Morgan fingerprint density at radius 1 is 1.17 bits per heavy atom. The van der Waals surface area contributed by atoms with Crippen LogP contribution >= 0.6 is 15.9 Å². The molecule has 4 nitrogen and oxygen atoms in total. The van der Waals surface area contributed by atoms with Crippen molar-refractivity contribution in [3.63, 3.8) is 0 Å². The lowest BCUT2D eigenvalue weighted by Gasteiger charge is -2.03. The van der Waals surface area contributed by atoms with Gasteiger partial charge in [0.05, 0.1) is 7.11 Å². The van der Waals surface area contributed by atoms with E-state index < -0.39 is 0 Å². The van der Waals surface area contributed by atoms with E-state index in [0.29, 0.717) is 0 Å². The van der Waals surface area contributed by atoms with E-state index in [1.165, 1.54) is 0 Å². The van der Waals surface area contributed by atoms with Crippen molar-refractivity contribution < 1.29 is 4.74 Å². The highest BCUT2D eigenvalue weighted by atomic mass is 79.9. The number of halogens is 1. The monoisotopic (exact) mass is 303 g/mol. The molecule has 0 amide bonds. The van der Waals surface area contributed by atoms with E-state index >= 15 is 0 Å². The summed E-state index contributed by atoms with van der Waals surface area (Å²) in [4.78, 5) is 0. The molecule has 0 saturated carbocycles. The van der Waals surface area contributed by atoms with E-state index in [1.54, 1.807) is 7.11 Å². The third kappa shape index (κ3) is 1.76. The van der Waals surface area contributed by atoms with Gasteiger partial charge in [-0.15, -0.1) is 10.2 Å². The molecule has 0 fully saturated rings. The Bertz CT molecular complexity index is 708. The van der Waals surface area contributed by atoms with Crippen molar-refractivity contribution in [2.24, 2.45) is 0 Å². The third-order valence-corrected chi connectivity index (χ3v) is 3.42. The first kappa shape index (κ1) is 11.2. The highest BCUT2D eigenvalue weighted by Crippen LogP contribution is 2.27. The molecule has 0 spiro atoms. The van der Waals surface area contributed by atoms with Gasteiger partial charge in [-0.25, -0.2) is 0 Å². The molecule has 2 heterocycles. The topological polar surface area (TPSA) is 39.4 Å². The van der Waals surface area contributed by atoms with Crippen molar-refractivity contribution in [2.75, 3.05) is 7.11 Å². The molecule has 0 saturated heterocycles. The van der Waals surface area contributed by atoms with Gasteiger partial charge in [-0.3, -0.25) is 4.40 Å². The van der Waals surface area contributed by atoms with Crippen LogP contribution in [-0.4, -0.2) is 21.7 Å². The van der Waals surface area contributed by atoms with E-state index in [9.17, 15) is 0 Å². The molecular formula is C13H10BrN3O. The molecular weight excluding hydrogens is 294 g/mol. The van der Waals surface area contributed by atoms with E-state index in [0.717, 1.165) is 27.3 Å². The standard InChI is InChI=1S/C13H10BrN3O/c1-18-9-6-7-17-12(8-9)15-16-13(17)10-4-2-3-5-11(10)14/h2-8H,1H3. The van der Waals surface area contributed by atoms with Gasteiger partial charge in [0.15, 0.2) is 11.5 Å². The van der Waals surface area contributed by atoms with Crippen LogP contribution in [0.2, 0.25) is 0 Å². The normalized spacial score (nSPS) is 10.8. The molecule has 0 aliphatic carbocycles. The molecule has 90 valence electrons. The number of benzene rings is 1. The number of hydrogen-bond acceptors (Lipinski definition) is 3. The fraction of sp³-hybridized carbons (Fsp3) is 0.0769. The lowest BCUT2D eigenvalue weighted by Crippen LogP contribution is -1.91. The average Bonchev–Trinajstić information content (AvgIpc) is 2.82. The van der Waals surface area contributed by atoms with Crippen LogP contribution in [0.5, 0.6) is 5.75 Å². The van der Waals surface area contributed by atoms with Crippen molar-refractivity contribution in [3.8, 4) is 17.1 Å². The van der Waals surface area contributed by atoms with Crippen molar-refractivity contribution in [3.05, 3.63) is 47.1 Å². The molecule has 0 radical (unpaired) electrons. The molecule has 2 aromatic heterocycles. The van der Waals surface area contributed by atoms with E-state index in [1.807, 2.05) is 47.0 Å². The van der Waals surface area contributed by atoms with Crippen LogP contribution in [0.15, 0.2) is 47.1 Å². The van der Waals surface area contributed by atoms with Crippen LogP contribution < -0.4 is 4.74 Å². The Hall–Kier alpha value is -1.88. The van der Waals surface area contributed by atoms with Gasteiger partial charge in [0.25, 0.3) is 0 Å². The second kappa shape index (κ2) is 4.42. The predicted octanol–water partition coefficient (Wildman–Crippen LogP) is 3.17. The molecule has 0 atom stereocenters. The van der Waals surface area contributed by atoms with Gasteiger partial charge in [-0.2, -0.15) is 0 Å². The second-order valence-electron chi connectivity index (χ2n) is 3.80. The minimum atomic E-state index is 0.764. The average molecular weight is 304 g/mol. The number of aromatic nitrogens is 3. The SMILES string of the molecule is COc1ccn2c(-c3ccccc3Br)nnc2c1. The van der Waals surface area contributed by atoms with Gasteiger partial charge in [0.1, 0.15) is 5.75 Å². The van der Waals surface area contributed by atoms with Crippen molar-refractivity contribution in [1.29, 1.82) is 0 Å². The molecule has 5 heteroatoms. The molecule has 1 aromatic carbocycles. The summed E-state index contributed by atoms with van der Waals surface area (Å²) in [6.07, 6.45) is 1.91. The van der Waals surface area contributed by atoms with Crippen molar-refractivity contribution in [2.45, 2.75) is 0 Å². The largest absolute Gasteiger partial charge is 0.497 e. The Kier molecular flexibility index (Phi) is 2.76. The lowest BCUT2D eigenvalue weighted by molar-refractivity contribution is 0.414. The summed E-state index contributed by atoms with van der Waals surface area (Å²) in [5.41, 5.74) is 1.77. The zero-order valence-corrected chi connectivity index (χ0v) is 11.3. The predicted molar refractivity (Wildman–Crippen MR) is 72.7 cm³/mol. The Morgan fingerprint density at radius 3 is 2.78 bits per heavy atom. The Morgan fingerprint density at radius 2 is 2.00 bits per heavy atom. The van der Waals surface area contributed by atoms with Crippen molar-refractivity contribution in [1.82, 2.24) is 14.6 Å². The summed E-state index contributed by atoms with van der Waals surface area (Å²) < 4.78 is 8.10. The summed E-state index contributed by atoms with van der Waals surface area (Å²) >= 11 is 3.53. The van der Waals surface area contributed by atoms with Gasteiger partial charge >= 0.3 is 0 Å². The maximum absolute atomic E-state index is 5.17. The summed E-state index contributed by atoms with van der Waals surface area (Å²) in [6.45, 7) is 0. The van der Waals surface area contributed by atoms with Crippen LogP contribution in [0.3, 0.4) is 0 Å². The molecule has 0 aliphatic heterocycles. The number of ether oxygens (including phenoxy) is 1. The third-order valence-electron chi connectivity index (χ3n) is 2.73. The number of hydrogen-bond donors (Lipinski definition) is 0. The molecule has 3 aromatic rings. The summed E-state index contributed by atoms with van der Waals surface area (Å²) in [5.74, 6) is 1.58. The fourth-order valence-electron chi connectivity index (χ4n) is 1.83. The fourth-order valence-corrected chi connectivity index (χ4v) is 2.29. The molecule has 0 N–H and O–H groups in total. The van der Waals surface area contributed by atoms with Crippen LogP contribution in [0, 0.1) is 0 Å². The number of fused-ring (bicyclic) bond motifs is 1. The number of rotatable bonds is 2. The minimum Gasteiger partial charge on any atom is -0.497 e. The van der Waals surface area contributed by atoms with Gasteiger partial charge in [0.2, 0.25) is 0 Å². The molecule has 0 unspecified atom stereocenters. The van der Waals surface area contributed by atoms with Crippen LogP contribution in [-0.2, 0) is 0 Å². The maximum Gasteiger partial charge on any atom is 0.169 e. The lowest BCUT2D eigenvalue weighted by atomic mass is 10.2. The van der Waals surface area contributed by atoms with Crippen molar-refractivity contribution >= 4 is 21.6 Å². The summed E-state index contributed by atoms with van der Waals surface area (Å²) in [7, 11) is 1.64. The maximum atomic E-state index is 5.17. The highest BCUT2D eigenvalue weighted by Gasteiger charge is 2.10. The van der Waals surface area contributed by atoms with Gasteiger partial charge in [-0.05, 0) is 12.1 Å². The first-order valence-electron chi connectivity index (χ1n) is 5.43. The molecule has 0 aliphatic rings. The number of nitrogens with zero attached hydrogens (tertiary/aromatic N) is 3. The highest BCUT2D eigenvalue weighted by molar-refractivity contribution is 9.10. The number of methoxy groups -OCH3 is 1. The Labute approximate surface area is 112 Å². The van der Waals surface area contributed by atoms with Crippen LogP contribution in [0.25, 0.3) is 17.0 Å². The Balaban J connectivity index is 2.22. The van der Waals surface area contributed by atoms with E-state index in [2.05, 4.69) is 26.1 Å². The van der Waals surface area contributed by atoms with Crippen LogP contribution in [0.4, 0.5) is 0 Å². The van der Waals surface area contributed by atoms with Gasteiger partial charge in [-0.1, -0.05) is 34.1 Å². The zero-order chi connectivity index (χ0) is 12.5. The quantitative estimate of drug-likeness (QED) is 0.730. The van der Waals surface area contributed by atoms with E-state index in [4.69, 9.17) is 4.74 Å². The summed E-state index contributed by atoms with van der Waals surface area (Å²) in [6, 6.07) is 11.7. The summed E-state index contributed by atoms with van der Waals surface area (Å²) in [5, 5.41) is 8.39. The second-order valence-corrected chi connectivity index (χ2v) is 4.65. The molecule has 3 rings (SSSR count). The van der Waals surface area contributed by atoms with Gasteiger partial charge in [0, 0.05) is 22.3 Å². The van der Waals surface area contributed by atoms with Gasteiger partial charge < -0.3 is 4.74 Å².